The summed E-state index contributed by atoms with van der Waals surface area (Å²) >= 11 is 0. The Kier molecular flexibility index (Phi) is 7.76. The quantitative estimate of drug-likeness (QED) is 0.500. The van der Waals surface area contributed by atoms with E-state index in [2.05, 4.69) is 22.3 Å². The van der Waals surface area contributed by atoms with Crippen molar-refractivity contribution in [3.8, 4) is 0 Å². The normalized spacial score (nSPS) is 14.2. The summed E-state index contributed by atoms with van der Waals surface area (Å²) in [6.07, 6.45) is 4.79. The molecule has 2 amide bonds. The van der Waals surface area contributed by atoms with Crippen LogP contribution in [-0.2, 0) is 16.1 Å². The van der Waals surface area contributed by atoms with Crippen molar-refractivity contribution in [3.63, 3.8) is 0 Å². The van der Waals surface area contributed by atoms with Gasteiger partial charge in [0, 0.05) is 38.7 Å². The Morgan fingerprint density at radius 2 is 1.53 bits per heavy atom. The summed E-state index contributed by atoms with van der Waals surface area (Å²) < 4.78 is 0. The lowest BCUT2D eigenvalue weighted by molar-refractivity contribution is -0.130. The second-order valence-electron chi connectivity index (χ2n) is 8.69. The monoisotopic (exact) mass is 453 g/mol. The van der Waals surface area contributed by atoms with Gasteiger partial charge in [-0.15, -0.1) is 0 Å². The predicted octanol–water partition coefficient (Wildman–Crippen LogP) is 5.21. The van der Waals surface area contributed by atoms with Crippen molar-refractivity contribution < 1.29 is 9.59 Å². The average Bonchev–Trinajstić information content (AvgIpc) is 2.89. The van der Waals surface area contributed by atoms with Crippen molar-refractivity contribution in [2.75, 3.05) is 30.4 Å². The second kappa shape index (κ2) is 11.3. The zero-order valence-corrected chi connectivity index (χ0v) is 19.6. The summed E-state index contributed by atoms with van der Waals surface area (Å²) in [5.41, 5.74) is 4.01. The summed E-state index contributed by atoms with van der Waals surface area (Å²) in [4.78, 5) is 29.6. The zero-order chi connectivity index (χ0) is 23.8. The van der Waals surface area contributed by atoms with E-state index in [4.69, 9.17) is 0 Å². The minimum absolute atomic E-state index is 0.00408. The number of carbonyl (C=O) groups excluding carboxylic acids is 2. The highest BCUT2D eigenvalue weighted by molar-refractivity contribution is 5.96. The number of piperidine rings is 1. The van der Waals surface area contributed by atoms with Gasteiger partial charge in [-0.25, -0.2) is 0 Å². The number of para-hydroxylation sites is 2. The molecule has 174 valence electrons. The summed E-state index contributed by atoms with van der Waals surface area (Å²) in [5, 5.41) is 3.14. The summed E-state index contributed by atoms with van der Waals surface area (Å²) in [7, 11) is 2.03. The minimum atomic E-state index is -0.102. The maximum atomic E-state index is 13.0. The molecule has 4 rings (SSSR count). The summed E-state index contributed by atoms with van der Waals surface area (Å²) in [5.74, 6) is -0.0854. The third kappa shape index (κ3) is 6.13. The molecule has 0 spiro atoms. The first-order chi connectivity index (χ1) is 16.6. The van der Waals surface area contributed by atoms with Gasteiger partial charge in [-0.1, -0.05) is 72.8 Å². The Labute approximate surface area is 201 Å². The molecule has 0 atom stereocenters. The number of carbonyl (C=O) groups is 2. The molecule has 0 saturated carbocycles. The maximum absolute atomic E-state index is 13.0. The van der Waals surface area contributed by atoms with E-state index in [0.29, 0.717) is 25.9 Å². The average molecular weight is 454 g/mol. The molecule has 1 aliphatic heterocycles. The molecule has 0 aromatic heterocycles. The topological polar surface area (TPSA) is 52.7 Å². The molecule has 1 saturated heterocycles. The Balaban J connectivity index is 1.32. The zero-order valence-electron chi connectivity index (χ0n) is 19.6. The van der Waals surface area contributed by atoms with Crippen LogP contribution in [0, 0.1) is 5.92 Å². The highest BCUT2D eigenvalue weighted by Gasteiger charge is 2.27. The van der Waals surface area contributed by atoms with E-state index in [1.807, 2.05) is 90.8 Å². The van der Waals surface area contributed by atoms with Gasteiger partial charge in [0.15, 0.2) is 0 Å². The molecule has 1 N–H and O–H groups in total. The lowest BCUT2D eigenvalue weighted by atomic mass is 9.95. The molecule has 0 bridgehead atoms. The van der Waals surface area contributed by atoms with Gasteiger partial charge in [-0.05, 0) is 42.2 Å². The van der Waals surface area contributed by atoms with Gasteiger partial charge < -0.3 is 15.1 Å². The number of amides is 2. The number of likely N-dealkylation sites (tertiary alicyclic amines) is 1. The van der Waals surface area contributed by atoms with Crippen molar-refractivity contribution in [2.45, 2.75) is 19.4 Å². The largest absolute Gasteiger partial charge is 0.369 e. The first kappa shape index (κ1) is 23.3. The van der Waals surface area contributed by atoms with E-state index in [-0.39, 0.29) is 17.7 Å². The van der Waals surface area contributed by atoms with E-state index < -0.39 is 0 Å². The van der Waals surface area contributed by atoms with Crippen LogP contribution >= 0.6 is 0 Å². The molecule has 34 heavy (non-hydrogen) atoms. The van der Waals surface area contributed by atoms with Crippen molar-refractivity contribution in [2.24, 2.45) is 5.92 Å². The number of nitrogens with one attached hydrogen (secondary N) is 1. The summed E-state index contributed by atoms with van der Waals surface area (Å²) in [6.45, 7) is 1.93. The van der Waals surface area contributed by atoms with Crippen molar-refractivity contribution >= 4 is 29.3 Å². The van der Waals surface area contributed by atoms with E-state index in [1.54, 1.807) is 6.08 Å². The van der Waals surface area contributed by atoms with Crippen LogP contribution < -0.4 is 10.2 Å². The number of hydrogen-bond acceptors (Lipinski definition) is 3. The van der Waals surface area contributed by atoms with Crippen LogP contribution in [0.2, 0.25) is 0 Å². The predicted molar refractivity (Wildman–Crippen MR) is 138 cm³/mol. The Bertz CT molecular complexity index is 1120. The molecule has 1 fully saturated rings. The summed E-state index contributed by atoms with van der Waals surface area (Å²) in [6, 6.07) is 28.0. The molecule has 1 heterocycles. The van der Waals surface area contributed by atoms with Gasteiger partial charge in [0.2, 0.25) is 11.8 Å². The number of anilines is 2. The van der Waals surface area contributed by atoms with Crippen LogP contribution in [0.15, 0.2) is 91.0 Å². The molecular formula is C29H31N3O2. The maximum Gasteiger partial charge on any atom is 0.246 e. The van der Waals surface area contributed by atoms with Crippen molar-refractivity contribution in [3.05, 3.63) is 102 Å². The third-order valence-corrected chi connectivity index (χ3v) is 6.23. The molecule has 0 aliphatic carbocycles. The highest BCUT2D eigenvalue weighted by Crippen LogP contribution is 2.28. The van der Waals surface area contributed by atoms with Crippen molar-refractivity contribution in [1.82, 2.24) is 4.90 Å². The van der Waals surface area contributed by atoms with Gasteiger partial charge >= 0.3 is 0 Å². The van der Waals surface area contributed by atoms with Gasteiger partial charge in [0.05, 0.1) is 11.4 Å². The number of nitrogens with zero attached hydrogens (tertiary/aromatic N) is 2. The van der Waals surface area contributed by atoms with Gasteiger partial charge in [0.1, 0.15) is 0 Å². The fourth-order valence-electron chi connectivity index (χ4n) is 4.29. The standard InChI is InChI=1S/C29H31N3O2/c1-31(22-24-12-6-3-7-13-24)27-15-9-8-14-26(27)30-29(34)25-18-20-32(21-19-25)28(33)17-16-23-10-4-2-5-11-23/h2-17,25H,18-22H2,1H3,(H,30,34)/b17-16+. The van der Waals surface area contributed by atoms with Crippen LogP contribution in [0.5, 0.6) is 0 Å². The van der Waals surface area contributed by atoms with E-state index in [9.17, 15) is 9.59 Å². The lowest BCUT2D eigenvalue weighted by Crippen LogP contribution is -2.40. The number of hydrogen-bond donors (Lipinski definition) is 1. The first-order valence-electron chi connectivity index (χ1n) is 11.8. The third-order valence-electron chi connectivity index (χ3n) is 6.23. The van der Waals surface area contributed by atoms with Crippen LogP contribution in [-0.4, -0.2) is 36.9 Å². The molecule has 0 unspecified atom stereocenters. The van der Waals surface area contributed by atoms with Crippen LogP contribution in [0.1, 0.15) is 24.0 Å². The van der Waals surface area contributed by atoms with E-state index in [0.717, 1.165) is 23.5 Å². The first-order valence-corrected chi connectivity index (χ1v) is 11.8. The number of benzene rings is 3. The van der Waals surface area contributed by atoms with E-state index in [1.165, 1.54) is 5.56 Å². The molecule has 1 aliphatic rings. The second-order valence-corrected chi connectivity index (χ2v) is 8.69. The van der Waals surface area contributed by atoms with Crippen LogP contribution in [0.3, 0.4) is 0 Å². The SMILES string of the molecule is CN(Cc1ccccc1)c1ccccc1NC(=O)C1CCN(C(=O)/C=C/c2ccccc2)CC1. The molecule has 5 heteroatoms. The van der Waals surface area contributed by atoms with Crippen molar-refractivity contribution in [1.29, 1.82) is 0 Å². The lowest BCUT2D eigenvalue weighted by Gasteiger charge is -2.31. The fourth-order valence-corrected chi connectivity index (χ4v) is 4.29. The van der Waals surface area contributed by atoms with Gasteiger partial charge in [-0.2, -0.15) is 0 Å². The molecule has 5 nitrogen and oxygen atoms in total. The Morgan fingerprint density at radius 3 is 2.24 bits per heavy atom. The molecule has 0 radical (unpaired) electrons. The van der Waals surface area contributed by atoms with Gasteiger partial charge in [-0.3, -0.25) is 9.59 Å². The Morgan fingerprint density at radius 1 is 0.912 bits per heavy atom. The van der Waals surface area contributed by atoms with Crippen LogP contribution in [0.25, 0.3) is 6.08 Å². The molecule has 3 aromatic carbocycles. The molecule has 3 aromatic rings. The van der Waals surface area contributed by atoms with Crippen LogP contribution in [0.4, 0.5) is 11.4 Å². The number of rotatable bonds is 7. The Hall–Kier alpha value is -3.86. The van der Waals surface area contributed by atoms with E-state index >= 15 is 0 Å². The smallest absolute Gasteiger partial charge is 0.246 e. The fraction of sp³-hybridized carbons (Fsp3) is 0.241. The highest BCUT2D eigenvalue weighted by atomic mass is 16.2. The van der Waals surface area contributed by atoms with Gasteiger partial charge in [0.25, 0.3) is 0 Å². The molecular weight excluding hydrogens is 422 g/mol. The minimum Gasteiger partial charge on any atom is -0.369 e.